The minimum Gasteiger partial charge on any atom is -0.383 e. The molecule has 2 rings (SSSR count). The van der Waals surface area contributed by atoms with E-state index in [0.29, 0.717) is 18.6 Å². The molecule has 5 unspecified atom stereocenters. The van der Waals surface area contributed by atoms with Gasteiger partial charge in [-0.05, 0) is 30.8 Å². The number of hydrogen-bond donors (Lipinski definition) is 6. The Balaban J connectivity index is 1.96. The maximum atomic E-state index is 12.6. The van der Waals surface area contributed by atoms with E-state index in [4.69, 9.17) is 28.8 Å². The summed E-state index contributed by atoms with van der Waals surface area (Å²) in [7, 11) is 0. The molecule has 26 heavy (non-hydrogen) atoms. The lowest BCUT2D eigenvalue weighted by Crippen LogP contribution is -2.56. The molecule has 5 atom stereocenters. The topological polar surface area (TPSA) is 134 Å². The maximum absolute atomic E-state index is 12.6. The van der Waals surface area contributed by atoms with E-state index in [1.165, 1.54) is 4.48 Å². The standard InChI is InChI=1S/C16H29BrClN7O/c1-3-25-11-5-4-9(17)6-10(11)23-12(25)7-22-16(26)13(8(2)19)24-14(18)15(20)21/h4,8,10-13,23-24H,3,5-7,19-21H2,1-2H3,(H,22,26). The zero-order valence-electron chi connectivity index (χ0n) is 15.1. The van der Waals surface area contributed by atoms with Gasteiger partial charge in [-0.25, -0.2) is 0 Å². The zero-order chi connectivity index (χ0) is 19.4. The number of fused-ring (bicyclic) bond motifs is 1. The van der Waals surface area contributed by atoms with E-state index in [2.05, 4.69) is 49.8 Å². The Kier molecular flexibility index (Phi) is 7.60. The molecule has 1 aliphatic heterocycles. The second-order valence-corrected chi connectivity index (χ2v) is 8.17. The van der Waals surface area contributed by atoms with Gasteiger partial charge in [-0.1, -0.05) is 40.5 Å². The first-order chi connectivity index (χ1) is 12.2. The van der Waals surface area contributed by atoms with Crippen molar-refractivity contribution in [1.29, 1.82) is 0 Å². The van der Waals surface area contributed by atoms with Crippen molar-refractivity contribution in [3.05, 3.63) is 21.5 Å². The van der Waals surface area contributed by atoms with Crippen molar-refractivity contribution in [3.8, 4) is 0 Å². The van der Waals surface area contributed by atoms with E-state index in [1.54, 1.807) is 6.92 Å². The monoisotopic (exact) mass is 449 g/mol. The van der Waals surface area contributed by atoms with Gasteiger partial charge in [0.15, 0.2) is 0 Å². The van der Waals surface area contributed by atoms with Gasteiger partial charge in [0.2, 0.25) is 5.91 Å². The van der Waals surface area contributed by atoms with Crippen molar-refractivity contribution in [1.82, 2.24) is 20.9 Å². The molecule has 0 bridgehead atoms. The van der Waals surface area contributed by atoms with Gasteiger partial charge in [-0.3, -0.25) is 15.0 Å². The third-order valence-corrected chi connectivity index (χ3v) is 5.85. The van der Waals surface area contributed by atoms with Gasteiger partial charge < -0.3 is 27.8 Å². The van der Waals surface area contributed by atoms with E-state index in [9.17, 15) is 4.79 Å². The molecule has 10 heteroatoms. The number of nitrogens with one attached hydrogen (secondary N) is 3. The van der Waals surface area contributed by atoms with Crippen LogP contribution in [-0.2, 0) is 4.79 Å². The number of carbonyl (C=O) groups is 1. The van der Waals surface area contributed by atoms with Crippen LogP contribution in [0.5, 0.6) is 0 Å². The summed E-state index contributed by atoms with van der Waals surface area (Å²) in [5, 5.41) is 9.39. The Morgan fingerprint density at radius 3 is 2.81 bits per heavy atom. The molecule has 1 saturated heterocycles. The Morgan fingerprint density at radius 2 is 2.23 bits per heavy atom. The predicted molar refractivity (Wildman–Crippen MR) is 108 cm³/mol. The van der Waals surface area contributed by atoms with E-state index >= 15 is 0 Å². The number of nitrogens with zero attached hydrogens (tertiary/aromatic N) is 1. The summed E-state index contributed by atoms with van der Waals surface area (Å²) in [6.45, 7) is 5.24. The highest BCUT2D eigenvalue weighted by molar-refractivity contribution is 9.11. The highest BCUT2D eigenvalue weighted by Crippen LogP contribution is 2.31. The van der Waals surface area contributed by atoms with Gasteiger partial charge in [0, 0.05) is 24.7 Å². The molecular formula is C16H29BrClN7O. The molecule has 1 heterocycles. The van der Waals surface area contributed by atoms with Crippen LogP contribution in [0, 0.1) is 0 Å². The molecule has 0 aromatic heterocycles. The van der Waals surface area contributed by atoms with Gasteiger partial charge >= 0.3 is 0 Å². The van der Waals surface area contributed by atoms with Crippen LogP contribution in [0.1, 0.15) is 26.7 Å². The SMILES string of the molecule is CCN1C(CNC(=O)C(NC(Cl)=C(N)N)C(C)N)NC2CC(Br)=CCC21. The average Bonchev–Trinajstić information content (AvgIpc) is 2.93. The summed E-state index contributed by atoms with van der Waals surface area (Å²) in [6, 6.07) is -0.364. The number of rotatable bonds is 7. The Labute approximate surface area is 168 Å². The lowest BCUT2D eigenvalue weighted by atomic mass is 9.97. The van der Waals surface area contributed by atoms with Gasteiger partial charge in [0.25, 0.3) is 0 Å². The van der Waals surface area contributed by atoms with E-state index in [1.807, 2.05) is 0 Å². The number of carbonyl (C=O) groups excluding carboxylic acids is 1. The number of halogens is 2. The Bertz CT molecular complexity index is 579. The van der Waals surface area contributed by atoms with Crippen LogP contribution in [0.4, 0.5) is 0 Å². The van der Waals surface area contributed by atoms with Crippen molar-refractivity contribution in [2.75, 3.05) is 13.1 Å². The fraction of sp³-hybridized carbons (Fsp3) is 0.688. The smallest absolute Gasteiger partial charge is 0.244 e. The minimum absolute atomic E-state index is 0.0265. The van der Waals surface area contributed by atoms with Crippen LogP contribution in [-0.4, -0.2) is 54.2 Å². The van der Waals surface area contributed by atoms with Crippen molar-refractivity contribution < 1.29 is 4.79 Å². The number of nitrogens with two attached hydrogens (primary N) is 3. The number of likely N-dealkylation sites (N-methyl/N-ethyl adjacent to an activating group) is 1. The van der Waals surface area contributed by atoms with Gasteiger partial charge in [0.05, 0.1) is 6.17 Å². The molecular weight excluding hydrogens is 422 g/mol. The normalized spacial score (nSPS) is 27.9. The summed E-state index contributed by atoms with van der Waals surface area (Å²) >= 11 is 9.51. The highest BCUT2D eigenvalue weighted by atomic mass is 79.9. The number of amides is 1. The molecule has 8 nitrogen and oxygen atoms in total. The fourth-order valence-electron chi connectivity index (χ4n) is 3.55. The molecule has 0 aromatic rings. The summed E-state index contributed by atoms with van der Waals surface area (Å²) in [6.07, 6.45) is 4.27. The van der Waals surface area contributed by atoms with E-state index in [-0.39, 0.29) is 23.1 Å². The molecule has 0 saturated carbocycles. The highest BCUT2D eigenvalue weighted by Gasteiger charge is 2.41. The molecule has 0 radical (unpaired) electrons. The lowest BCUT2D eigenvalue weighted by Gasteiger charge is -2.30. The van der Waals surface area contributed by atoms with Crippen LogP contribution in [0.25, 0.3) is 0 Å². The molecule has 2 aliphatic rings. The molecule has 1 amide bonds. The van der Waals surface area contributed by atoms with Crippen molar-refractivity contribution >= 4 is 33.4 Å². The second-order valence-electron chi connectivity index (χ2n) is 6.77. The molecule has 1 aliphatic carbocycles. The van der Waals surface area contributed by atoms with Gasteiger partial charge in [-0.2, -0.15) is 0 Å². The third kappa shape index (κ3) is 5.04. The third-order valence-electron chi connectivity index (χ3n) is 4.87. The summed E-state index contributed by atoms with van der Waals surface area (Å²) in [5.41, 5.74) is 16.8. The van der Waals surface area contributed by atoms with Crippen LogP contribution in [0.3, 0.4) is 0 Å². The summed E-state index contributed by atoms with van der Waals surface area (Å²) in [4.78, 5) is 15.0. The molecule has 9 N–H and O–H groups in total. The summed E-state index contributed by atoms with van der Waals surface area (Å²) < 4.78 is 1.23. The minimum atomic E-state index is -0.723. The van der Waals surface area contributed by atoms with Crippen LogP contribution in [0.15, 0.2) is 21.5 Å². The first kappa shape index (κ1) is 21.3. The first-order valence-corrected chi connectivity index (χ1v) is 9.98. The Hall–Kier alpha value is -1.00. The van der Waals surface area contributed by atoms with Crippen LogP contribution in [0.2, 0.25) is 0 Å². The molecule has 1 fully saturated rings. The number of hydrogen-bond acceptors (Lipinski definition) is 7. The fourth-order valence-corrected chi connectivity index (χ4v) is 4.20. The van der Waals surface area contributed by atoms with Crippen LogP contribution < -0.4 is 33.2 Å². The van der Waals surface area contributed by atoms with Gasteiger partial charge in [0.1, 0.15) is 17.0 Å². The van der Waals surface area contributed by atoms with Crippen molar-refractivity contribution in [2.24, 2.45) is 17.2 Å². The lowest BCUT2D eigenvalue weighted by molar-refractivity contribution is -0.123. The zero-order valence-corrected chi connectivity index (χ0v) is 17.5. The molecule has 0 aromatic carbocycles. The van der Waals surface area contributed by atoms with Crippen LogP contribution >= 0.6 is 27.5 Å². The van der Waals surface area contributed by atoms with Gasteiger partial charge in [-0.15, -0.1) is 0 Å². The maximum Gasteiger partial charge on any atom is 0.244 e. The largest absolute Gasteiger partial charge is 0.383 e. The first-order valence-electron chi connectivity index (χ1n) is 8.81. The predicted octanol–water partition coefficient (Wildman–Crippen LogP) is -0.248. The van der Waals surface area contributed by atoms with E-state index in [0.717, 1.165) is 19.4 Å². The van der Waals surface area contributed by atoms with Crippen molar-refractivity contribution in [2.45, 2.75) is 57.0 Å². The Morgan fingerprint density at radius 1 is 1.54 bits per heavy atom. The average molecular weight is 451 g/mol. The molecule has 0 spiro atoms. The summed E-state index contributed by atoms with van der Waals surface area (Å²) in [5.74, 6) is -0.326. The quantitative estimate of drug-likeness (QED) is 0.295. The van der Waals surface area contributed by atoms with Crippen molar-refractivity contribution in [3.63, 3.8) is 0 Å². The van der Waals surface area contributed by atoms with E-state index < -0.39 is 12.1 Å². The second kappa shape index (κ2) is 9.27. The molecule has 148 valence electrons.